The summed E-state index contributed by atoms with van der Waals surface area (Å²) < 4.78 is 23.1. The number of nitrogen functional groups attached to an aromatic ring is 1. The number of hydrogen-bond acceptors (Lipinski definition) is 21. The molecule has 16 rings (SSSR count). The van der Waals surface area contributed by atoms with Gasteiger partial charge in [0, 0.05) is 139 Å². The number of fused-ring (bicyclic) bond motifs is 8. The van der Waals surface area contributed by atoms with Crippen molar-refractivity contribution < 1.29 is 102 Å². The summed E-state index contributed by atoms with van der Waals surface area (Å²) in [6.45, 7) is 0.222. The second-order valence-electron chi connectivity index (χ2n) is 25.6. The molecule has 28 heteroatoms. The van der Waals surface area contributed by atoms with Gasteiger partial charge in [0.25, 0.3) is 0 Å². The Kier molecular flexibility index (Phi) is 20.8. The van der Waals surface area contributed by atoms with E-state index in [9.17, 15) is 98.7 Å². The lowest BCUT2D eigenvalue weighted by Gasteiger charge is -2.17. The number of hydrogen-bond donors (Lipinski definition) is 13. The molecule has 1 amide bonds. The summed E-state index contributed by atoms with van der Waals surface area (Å²) in [5, 5.41) is 101. The third-order valence-corrected chi connectivity index (χ3v) is 18.2. The molecule has 0 fully saturated rings. The molecule has 566 valence electrons. The maximum Gasteiger partial charge on any atom is 0.336 e. The summed E-state index contributed by atoms with van der Waals surface area (Å²) in [5.74, 6) is -6.72. The first kappa shape index (κ1) is 76.0. The summed E-state index contributed by atoms with van der Waals surface area (Å²) in [6.07, 6.45) is -0.605. The number of carboxylic acids is 6. The van der Waals surface area contributed by atoms with Crippen LogP contribution in [0.3, 0.4) is 0 Å². The summed E-state index contributed by atoms with van der Waals surface area (Å²) >= 11 is 0. The van der Waals surface area contributed by atoms with E-state index in [1.165, 1.54) is 146 Å². The van der Waals surface area contributed by atoms with Gasteiger partial charge < -0.3 is 85.5 Å². The number of phenolic OH excluding ortho intramolecular Hbond substituents is 4. The molecule has 0 bridgehead atoms. The molecule has 0 saturated heterocycles. The molecule has 4 aliphatic heterocycles. The normalized spacial score (nSPS) is 11.0. The van der Waals surface area contributed by atoms with Gasteiger partial charge in [0.05, 0.1) is 34.2 Å². The van der Waals surface area contributed by atoms with Crippen molar-refractivity contribution in [1.29, 1.82) is 0 Å². The average molecular weight is 1530 g/mol. The molecule has 8 aromatic rings. The van der Waals surface area contributed by atoms with Crippen LogP contribution in [0.15, 0.2) is 255 Å². The fraction of sp³-hybridized carbons (Fsp3) is 0.0349. The number of nitrogens with one attached hydrogen (secondary N) is 1. The van der Waals surface area contributed by atoms with Crippen molar-refractivity contribution in [2.75, 3.05) is 11.1 Å². The van der Waals surface area contributed by atoms with E-state index in [0.717, 1.165) is 6.07 Å². The molecule has 8 aliphatic rings. The first-order chi connectivity index (χ1) is 54.5. The number of anilines is 2. The van der Waals surface area contributed by atoms with Crippen LogP contribution in [0, 0.1) is 0 Å². The number of carboxylic acid groups (broad SMARTS) is 6. The number of aliphatic carboxylic acids is 1. The third-order valence-electron chi connectivity index (χ3n) is 18.2. The number of carbonyl (C=O) groups is 7. The highest BCUT2D eigenvalue weighted by Gasteiger charge is 2.28. The molecule has 4 heterocycles. The van der Waals surface area contributed by atoms with Gasteiger partial charge in [-0.05, 0) is 167 Å². The first-order valence-corrected chi connectivity index (χ1v) is 34.0. The monoisotopic (exact) mass is 1530 g/mol. The zero-order valence-corrected chi connectivity index (χ0v) is 58.7. The van der Waals surface area contributed by atoms with Crippen LogP contribution in [0.4, 0.5) is 11.4 Å². The third kappa shape index (κ3) is 15.6. The lowest BCUT2D eigenvalue weighted by Crippen LogP contribution is -2.14. The number of benzene rings is 12. The zero-order valence-electron chi connectivity index (χ0n) is 58.7. The van der Waals surface area contributed by atoms with Gasteiger partial charge >= 0.3 is 35.8 Å². The molecule has 0 spiro atoms. The van der Waals surface area contributed by atoms with Crippen LogP contribution in [0.25, 0.3) is 134 Å². The fourth-order valence-corrected chi connectivity index (χ4v) is 13.2. The molecule has 0 unspecified atom stereocenters. The second-order valence-corrected chi connectivity index (χ2v) is 25.6. The van der Waals surface area contributed by atoms with Crippen LogP contribution in [0.2, 0.25) is 0 Å². The van der Waals surface area contributed by atoms with Gasteiger partial charge in [-0.1, -0.05) is 30.3 Å². The highest BCUT2D eigenvalue weighted by atomic mass is 16.4. The Morgan fingerprint density at radius 3 is 0.974 bits per heavy atom. The fourth-order valence-electron chi connectivity index (χ4n) is 13.2. The maximum absolute atomic E-state index is 12.1. The summed E-state index contributed by atoms with van der Waals surface area (Å²) in [7, 11) is 0. The molecule has 4 aliphatic carbocycles. The number of amides is 1. The van der Waals surface area contributed by atoms with Crippen LogP contribution in [0.1, 0.15) is 70.2 Å². The molecule has 0 radical (unpaired) electrons. The molecule has 8 aromatic carbocycles. The largest absolute Gasteiger partial charge is 0.508 e. The first-order valence-electron chi connectivity index (χ1n) is 34.0. The van der Waals surface area contributed by atoms with Gasteiger partial charge in [-0.25, -0.2) is 24.0 Å². The van der Waals surface area contributed by atoms with E-state index < -0.39 is 41.7 Å². The summed E-state index contributed by atoms with van der Waals surface area (Å²) in [4.78, 5) is 129. The van der Waals surface area contributed by atoms with Gasteiger partial charge in [-0.15, -0.1) is 0 Å². The standard InChI is InChI=1S/C24H17NO8.C21H15NO5.C21H12O7.C20H13NO5/c26-13-2-5-16-19(10-13)33-20-11-14(27)3-6-17(20)23(16)15-4-1-12(9-18(15)24(31)32)25-21(28)7-8-22(29)30;22-10-11-1-4-14(17(7-11)21(25)26)20-15-5-2-12(23)8-18(15)27-19-9-13(24)3-6-16(19)20;22-11-2-5-14-17(8-11)28-18-9-12(23)3-6-15(18)19(14)13-4-1-10(20(24)25)7-16(13)21(26)27;21-10-1-4-13(16(7-10)20(24)25)19-14-5-2-11(22)8-17(14)26-18-9-12(23)3-6-15(18)19/h1-6,9-11,26H,7-8H2,(H,25,28)(H,29,30)(H,31,32);1-9,23H,10,22H2,(H,25,26);1-9,22H,(H,24,25)(H,26,27);1-9,22H,21H2,(H,24,25). The van der Waals surface area contributed by atoms with Crippen molar-refractivity contribution in [2.45, 2.75) is 19.4 Å². The number of carbonyl (C=O) groups excluding carboxylic acids is 1. The van der Waals surface area contributed by atoms with E-state index in [1.807, 2.05) is 0 Å². The summed E-state index contributed by atoms with van der Waals surface area (Å²) in [6, 6.07) is 52.7. The van der Waals surface area contributed by atoms with E-state index in [1.54, 1.807) is 66.7 Å². The Morgan fingerprint density at radius 2 is 0.632 bits per heavy atom. The number of nitrogens with two attached hydrogens (primary N) is 2. The Hall–Kier alpha value is -16.2. The zero-order chi connectivity index (χ0) is 81.2. The lowest BCUT2D eigenvalue weighted by molar-refractivity contribution is -0.138. The molecule has 15 N–H and O–H groups in total. The Morgan fingerprint density at radius 1 is 0.316 bits per heavy atom. The quantitative estimate of drug-likeness (QED) is 0.0355. The molecular weight excluding hydrogens is 1470 g/mol. The Labute approximate surface area is 638 Å². The molecule has 0 aromatic heterocycles. The van der Waals surface area contributed by atoms with Crippen molar-refractivity contribution in [2.24, 2.45) is 5.73 Å². The van der Waals surface area contributed by atoms with Crippen molar-refractivity contribution >= 4 is 97.0 Å². The van der Waals surface area contributed by atoms with Crippen LogP contribution < -0.4 is 38.5 Å². The smallest absolute Gasteiger partial charge is 0.336 e. The highest BCUT2D eigenvalue weighted by molar-refractivity contribution is 6.13. The minimum atomic E-state index is -1.29. The number of phenols is 4. The van der Waals surface area contributed by atoms with Gasteiger partial charge in [0.1, 0.15) is 68.4 Å². The summed E-state index contributed by atoms with van der Waals surface area (Å²) in [5.41, 5.74) is 18.3. The molecule has 0 atom stereocenters. The molecule has 28 nitrogen and oxygen atoms in total. The Balaban J connectivity index is 0.000000133. The second kappa shape index (κ2) is 31.2. The highest BCUT2D eigenvalue weighted by Crippen LogP contribution is 2.47. The van der Waals surface area contributed by atoms with Crippen LogP contribution in [0.5, 0.6) is 23.0 Å². The van der Waals surface area contributed by atoms with E-state index in [0.29, 0.717) is 117 Å². The van der Waals surface area contributed by atoms with Crippen molar-refractivity contribution in [1.82, 2.24) is 0 Å². The van der Waals surface area contributed by atoms with Gasteiger partial charge in [-0.2, -0.15) is 0 Å². The topological polar surface area (TPSA) is 507 Å². The average Bonchev–Trinajstić information content (AvgIpc) is 0.765. The molecule has 114 heavy (non-hydrogen) atoms. The van der Waals surface area contributed by atoms with Crippen molar-refractivity contribution in [3.8, 4) is 113 Å². The number of aromatic carboxylic acids is 5. The van der Waals surface area contributed by atoms with Crippen molar-refractivity contribution in [3.05, 3.63) is 293 Å². The molecule has 0 saturated carbocycles. The lowest BCUT2D eigenvalue weighted by atomic mass is 9.90. The number of rotatable bonds is 14. The predicted octanol–water partition coefficient (Wildman–Crippen LogP) is 14.4. The van der Waals surface area contributed by atoms with Gasteiger partial charge in [-0.3, -0.25) is 28.8 Å². The van der Waals surface area contributed by atoms with Crippen LogP contribution >= 0.6 is 0 Å². The maximum atomic E-state index is 12.1. The van der Waals surface area contributed by atoms with Gasteiger partial charge in [0.15, 0.2) is 21.7 Å². The van der Waals surface area contributed by atoms with Crippen LogP contribution in [-0.4, -0.2) is 92.8 Å². The number of aromatic hydroxyl groups is 4. The van der Waals surface area contributed by atoms with E-state index in [2.05, 4.69) is 5.32 Å². The van der Waals surface area contributed by atoms with E-state index in [-0.39, 0.29) is 126 Å². The molecular formula is C86H57N3O25. The van der Waals surface area contributed by atoms with E-state index >= 15 is 0 Å². The van der Waals surface area contributed by atoms with Crippen molar-refractivity contribution in [3.63, 3.8) is 0 Å². The van der Waals surface area contributed by atoms with Crippen LogP contribution in [-0.2, 0) is 16.1 Å². The predicted molar refractivity (Wildman–Crippen MR) is 417 cm³/mol. The minimum Gasteiger partial charge on any atom is -0.508 e. The van der Waals surface area contributed by atoms with E-state index in [4.69, 9.17) is 34.2 Å². The SMILES string of the molecule is NCc1ccc(-c2c3ccc(=O)cc-3oc3cc(O)ccc23)c(C(=O)O)c1.Nc1ccc(-c2c3ccc(=O)cc-3oc3cc(O)ccc23)c(C(=O)O)c1.O=C(O)CCC(=O)Nc1ccc(-c2c3ccc(=O)cc-3oc3cc(O)ccc23)c(C(=O)O)c1.O=C(O)c1ccc(-c2c3ccc(=O)cc-3oc3cc(O)ccc23)c(C(=O)O)c1. The Bertz CT molecular complexity index is 6810. The minimum absolute atomic E-state index is 0.000548. The van der Waals surface area contributed by atoms with Gasteiger partial charge in [0.2, 0.25) is 5.91 Å².